The van der Waals surface area contributed by atoms with Gasteiger partial charge in [-0.3, -0.25) is 0 Å². The fraction of sp³-hybridized carbons (Fsp3) is 0.400. The Labute approximate surface area is 97.7 Å². The van der Waals surface area contributed by atoms with E-state index in [0.29, 0.717) is 11.6 Å². The van der Waals surface area contributed by atoms with E-state index >= 15 is 0 Å². The van der Waals surface area contributed by atoms with Gasteiger partial charge < -0.3 is 10.1 Å². The summed E-state index contributed by atoms with van der Waals surface area (Å²) >= 11 is 9.32. The number of rotatable bonds is 5. The average molecular weight is 280 g/mol. The highest BCUT2D eigenvalue weighted by Crippen LogP contribution is 2.27. The highest BCUT2D eigenvalue weighted by molar-refractivity contribution is 9.10. The minimum atomic E-state index is 0.649. The Morgan fingerprint density at radius 1 is 1.50 bits per heavy atom. The zero-order valence-corrected chi connectivity index (χ0v) is 10.4. The van der Waals surface area contributed by atoms with Crippen molar-refractivity contribution in [3.05, 3.63) is 27.7 Å². The molecule has 0 saturated heterocycles. The van der Waals surface area contributed by atoms with Crippen LogP contribution in [0.15, 0.2) is 22.7 Å². The molecule has 0 amide bonds. The van der Waals surface area contributed by atoms with Gasteiger partial charge in [0.05, 0.1) is 11.6 Å². The van der Waals surface area contributed by atoms with Crippen LogP contribution in [-0.4, -0.2) is 19.7 Å². The second-order valence-corrected chi connectivity index (χ2v) is 4.23. The van der Waals surface area contributed by atoms with Gasteiger partial charge in [-0.15, -0.1) is 0 Å². The Bertz CT molecular complexity index is 293. The van der Waals surface area contributed by atoms with Crippen LogP contribution in [0.5, 0.6) is 5.75 Å². The summed E-state index contributed by atoms with van der Waals surface area (Å²) < 4.78 is 6.48. The van der Waals surface area contributed by atoms with Gasteiger partial charge in [0, 0.05) is 4.47 Å². The molecular formula is C10H14BrClNO+. The molecule has 0 aromatic heterocycles. The third kappa shape index (κ3) is 3.86. The van der Waals surface area contributed by atoms with E-state index in [-0.39, 0.29) is 0 Å². The van der Waals surface area contributed by atoms with Crippen LogP contribution in [0.25, 0.3) is 0 Å². The monoisotopic (exact) mass is 278 g/mol. The van der Waals surface area contributed by atoms with E-state index in [0.717, 1.165) is 23.3 Å². The van der Waals surface area contributed by atoms with Gasteiger partial charge in [-0.05, 0) is 25.1 Å². The van der Waals surface area contributed by atoms with Crippen LogP contribution in [0.2, 0.25) is 5.02 Å². The second kappa shape index (κ2) is 6.27. The number of likely N-dealkylation sites (N-methyl/N-ethyl adjacent to an activating group) is 1. The highest BCUT2D eigenvalue weighted by Gasteiger charge is 2.01. The van der Waals surface area contributed by atoms with Gasteiger partial charge in [0.2, 0.25) is 0 Å². The molecule has 0 aliphatic carbocycles. The molecule has 78 valence electrons. The normalized spacial score (nSPS) is 10.2. The number of quaternary nitrogens is 1. The van der Waals surface area contributed by atoms with Crippen molar-refractivity contribution in [2.45, 2.75) is 6.92 Å². The Morgan fingerprint density at radius 3 is 2.93 bits per heavy atom. The molecule has 0 bridgehead atoms. The van der Waals surface area contributed by atoms with Gasteiger partial charge in [-0.25, -0.2) is 0 Å². The topological polar surface area (TPSA) is 25.8 Å². The van der Waals surface area contributed by atoms with Gasteiger partial charge in [0.15, 0.2) is 0 Å². The van der Waals surface area contributed by atoms with E-state index in [2.05, 4.69) is 28.2 Å². The van der Waals surface area contributed by atoms with E-state index in [4.69, 9.17) is 16.3 Å². The summed E-state index contributed by atoms with van der Waals surface area (Å²) in [6.07, 6.45) is 0. The summed E-state index contributed by atoms with van der Waals surface area (Å²) in [7, 11) is 0. The molecule has 0 aliphatic rings. The number of ether oxygens (including phenoxy) is 1. The van der Waals surface area contributed by atoms with E-state index in [9.17, 15) is 0 Å². The minimum Gasteiger partial charge on any atom is -0.486 e. The maximum Gasteiger partial charge on any atom is 0.138 e. The summed E-state index contributed by atoms with van der Waals surface area (Å²) in [6.45, 7) is 4.85. The molecule has 1 aromatic carbocycles. The Morgan fingerprint density at radius 2 is 2.29 bits per heavy atom. The standard InChI is InChI=1S/C10H13BrClNO/c1-2-13-5-6-14-10-4-3-8(11)7-9(10)12/h3-4,7,13H,2,5-6H2,1H3/p+1. The first-order valence-electron chi connectivity index (χ1n) is 4.63. The molecule has 0 saturated carbocycles. The summed E-state index contributed by atoms with van der Waals surface area (Å²) in [4.78, 5) is 0. The van der Waals surface area contributed by atoms with Gasteiger partial charge in [0.1, 0.15) is 18.9 Å². The van der Waals surface area contributed by atoms with Crippen LogP contribution in [0.3, 0.4) is 0 Å². The Balaban J connectivity index is 2.42. The summed E-state index contributed by atoms with van der Waals surface area (Å²) in [5.41, 5.74) is 0. The van der Waals surface area contributed by atoms with E-state index < -0.39 is 0 Å². The van der Waals surface area contributed by atoms with Crippen molar-refractivity contribution in [3.63, 3.8) is 0 Å². The first-order valence-corrected chi connectivity index (χ1v) is 5.80. The average Bonchev–Trinajstić information content (AvgIpc) is 2.15. The zero-order chi connectivity index (χ0) is 10.4. The maximum absolute atomic E-state index is 5.98. The zero-order valence-electron chi connectivity index (χ0n) is 8.09. The highest BCUT2D eigenvalue weighted by atomic mass is 79.9. The van der Waals surface area contributed by atoms with Crippen molar-refractivity contribution < 1.29 is 10.1 Å². The van der Waals surface area contributed by atoms with Crippen LogP contribution >= 0.6 is 27.5 Å². The number of halogens is 2. The maximum atomic E-state index is 5.98. The number of hydrogen-bond acceptors (Lipinski definition) is 1. The van der Waals surface area contributed by atoms with Crippen molar-refractivity contribution in [3.8, 4) is 5.75 Å². The lowest BCUT2D eigenvalue weighted by atomic mass is 10.3. The SMILES string of the molecule is CC[NH2+]CCOc1ccc(Br)cc1Cl. The predicted molar refractivity (Wildman–Crippen MR) is 62.0 cm³/mol. The molecule has 0 spiro atoms. The van der Waals surface area contributed by atoms with Crippen LogP contribution in [0, 0.1) is 0 Å². The molecule has 2 N–H and O–H groups in total. The van der Waals surface area contributed by atoms with E-state index in [1.54, 1.807) is 0 Å². The van der Waals surface area contributed by atoms with Crippen LogP contribution in [0.1, 0.15) is 6.92 Å². The molecule has 1 rings (SSSR count). The van der Waals surface area contributed by atoms with Crippen LogP contribution < -0.4 is 10.1 Å². The van der Waals surface area contributed by atoms with E-state index in [1.165, 1.54) is 0 Å². The molecule has 0 heterocycles. The van der Waals surface area contributed by atoms with Crippen molar-refractivity contribution in [1.82, 2.24) is 0 Å². The third-order valence-electron chi connectivity index (χ3n) is 1.76. The van der Waals surface area contributed by atoms with Crippen LogP contribution in [0.4, 0.5) is 0 Å². The van der Waals surface area contributed by atoms with Crippen molar-refractivity contribution in [2.75, 3.05) is 19.7 Å². The molecule has 0 fully saturated rings. The smallest absolute Gasteiger partial charge is 0.138 e. The first kappa shape index (κ1) is 11.8. The van der Waals surface area contributed by atoms with Crippen molar-refractivity contribution >= 4 is 27.5 Å². The van der Waals surface area contributed by atoms with Gasteiger partial charge in [0.25, 0.3) is 0 Å². The lowest BCUT2D eigenvalue weighted by Crippen LogP contribution is -2.84. The fourth-order valence-electron chi connectivity index (χ4n) is 1.05. The van der Waals surface area contributed by atoms with E-state index in [1.807, 2.05) is 18.2 Å². The quantitative estimate of drug-likeness (QED) is 0.821. The molecule has 4 heteroatoms. The Hall–Kier alpha value is -0.250. The molecule has 0 aliphatic heterocycles. The van der Waals surface area contributed by atoms with Gasteiger partial charge >= 0.3 is 0 Å². The molecule has 0 atom stereocenters. The molecule has 1 aromatic rings. The number of nitrogens with two attached hydrogens (primary N) is 1. The molecule has 0 radical (unpaired) electrons. The molecule has 0 unspecified atom stereocenters. The summed E-state index contributed by atoms with van der Waals surface area (Å²) in [6, 6.07) is 5.63. The predicted octanol–water partition coefficient (Wildman–Crippen LogP) is 2.06. The van der Waals surface area contributed by atoms with Crippen LogP contribution in [-0.2, 0) is 0 Å². The van der Waals surface area contributed by atoms with Crippen molar-refractivity contribution in [2.24, 2.45) is 0 Å². The molecule has 2 nitrogen and oxygen atoms in total. The lowest BCUT2D eigenvalue weighted by Gasteiger charge is -2.06. The molecular weight excluding hydrogens is 265 g/mol. The van der Waals surface area contributed by atoms with Gasteiger partial charge in [-0.1, -0.05) is 27.5 Å². The lowest BCUT2D eigenvalue weighted by molar-refractivity contribution is -0.652. The summed E-state index contributed by atoms with van der Waals surface area (Å²) in [5.74, 6) is 0.749. The third-order valence-corrected chi connectivity index (χ3v) is 2.55. The van der Waals surface area contributed by atoms with Crippen molar-refractivity contribution in [1.29, 1.82) is 0 Å². The second-order valence-electron chi connectivity index (χ2n) is 2.91. The Kier molecular flexibility index (Phi) is 5.30. The number of hydrogen-bond donors (Lipinski definition) is 1. The minimum absolute atomic E-state index is 0.649. The van der Waals surface area contributed by atoms with Gasteiger partial charge in [-0.2, -0.15) is 0 Å². The summed E-state index contributed by atoms with van der Waals surface area (Å²) in [5, 5.41) is 2.84. The largest absolute Gasteiger partial charge is 0.486 e. The fourth-order valence-corrected chi connectivity index (χ4v) is 1.78. The molecule has 14 heavy (non-hydrogen) atoms. The number of benzene rings is 1. The first-order chi connectivity index (χ1) is 6.74.